The fourth-order valence-electron chi connectivity index (χ4n) is 14.0. The Morgan fingerprint density at radius 1 is 0.677 bits per heavy atom. The normalized spacial score (nSPS) is 57.6. The van der Waals surface area contributed by atoms with Crippen LogP contribution in [0.2, 0.25) is 0 Å². The van der Waals surface area contributed by atoms with Crippen LogP contribution in [0.1, 0.15) is 92.4 Å². The zero-order chi connectivity index (χ0) is 44.2. The first-order valence-corrected chi connectivity index (χ1v) is 23.4. The molecule has 17 nitrogen and oxygen atoms in total. The highest BCUT2D eigenvalue weighted by Crippen LogP contribution is 2.70. The van der Waals surface area contributed by atoms with Gasteiger partial charge in [-0.3, -0.25) is 0 Å². The summed E-state index contributed by atoms with van der Waals surface area (Å²) in [5, 5.41) is 95.7. The van der Waals surface area contributed by atoms with Gasteiger partial charge in [-0.2, -0.15) is 0 Å². The molecule has 9 aliphatic rings. The Morgan fingerprint density at radius 2 is 1.35 bits per heavy atom. The molecule has 0 radical (unpaired) electrons. The van der Waals surface area contributed by atoms with Crippen molar-refractivity contribution in [1.29, 1.82) is 0 Å². The molecule has 5 saturated heterocycles. The lowest BCUT2D eigenvalue weighted by Gasteiger charge is -2.58. The summed E-state index contributed by atoms with van der Waals surface area (Å²) in [6.07, 6.45) is -12.0. The molecule has 0 bridgehead atoms. The van der Waals surface area contributed by atoms with Crippen LogP contribution in [0.15, 0.2) is 11.6 Å². The van der Waals surface area contributed by atoms with E-state index in [1.807, 2.05) is 0 Å². The third-order valence-corrected chi connectivity index (χ3v) is 17.7. The SMILES string of the molecule is CC1C2C(CC3C4CC=C5C[C@@H](O[C@@H]6O[C@H](CO)[C@@H](O[C@@H]7O[C@H](CO)[C@@H](O)[C@H](O)[C@H]7O)[C@H](O)[C@H]6O[C@@H]6O[C@@H](C)[C@H](O)[C@@H](O)[C@H]6O)CC[C@]5(C)C4CC[C@@]32C)O[C@]12CC[C@H](C)CO2. The van der Waals surface area contributed by atoms with Gasteiger partial charge in [0.25, 0.3) is 0 Å². The monoisotopic (exact) mass is 884 g/mol. The molecule has 5 heterocycles. The van der Waals surface area contributed by atoms with Crippen LogP contribution in [0, 0.1) is 46.3 Å². The van der Waals surface area contributed by atoms with Gasteiger partial charge in [-0.15, -0.1) is 0 Å². The molecule has 6 unspecified atom stereocenters. The molecule has 0 amide bonds. The maximum Gasteiger partial charge on any atom is 0.187 e. The van der Waals surface area contributed by atoms with Crippen molar-refractivity contribution in [3.63, 3.8) is 0 Å². The lowest BCUT2D eigenvalue weighted by atomic mass is 9.47. The summed E-state index contributed by atoms with van der Waals surface area (Å²) in [5.74, 6) is 2.56. The lowest BCUT2D eigenvalue weighted by molar-refractivity contribution is -0.389. The quantitative estimate of drug-likeness (QED) is 0.148. The molecule has 0 aromatic rings. The number of aliphatic hydroxyl groups is 9. The second-order valence-electron chi connectivity index (χ2n) is 21.1. The molecule has 4 aliphatic carbocycles. The average Bonchev–Trinajstić information content (AvgIpc) is 3.70. The minimum atomic E-state index is -1.82. The van der Waals surface area contributed by atoms with Crippen LogP contribution in [0.3, 0.4) is 0 Å². The molecule has 0 aromatic carbocycles. The van der Waals surface area contributed by atoms with Crippen LogP contribution in [-0.4, -0.2) is 176 Å². The van der Waals surface area contributed by atoms with E-state index in [4.69, 9.17) is 37.9 Å². The first-order valence-electron chi connectivity index (χ1n) is 23.4. The smallest absolute Gasteiger partial charge is 0.187 e. The van der Waals surface area contributed by atoms with Crippen LogP contribution >= 0.6 is 0 Å². The summed E-state index contributed by atoms with van der Waals surface area (Å²) in [5.41, 5.74) is 1.48. The van der Waals surface area contributed by atoms with E-state index in [2.05, 4.69) is 33.8 Å². The zero-order valence-electron chi connectivity index (χ0n) is 36.6. The Morgan fingerprint density at radius 3 is 2.05 bits per heavy atom. The number of hydrogen-bond acceptors (Lipinski definition) is 17. The van der Waals surface area contributed by atoms with Crippen molar-refractivity contribution in [1.82, 2.24) is 0 Å². The number of hydrogen-bond donors (Lipinski definition) is 9. The van der Waals surface area contributed by atoms with Crippen LogP contribution in [0.25, 0.3) is 0 Å². The topological polar surface area (TPSA) is 256 Å². The number of fused-ring (bicyclic) bond motifs is 7. The third-order valence-electron chi connectivity index (χ3n) is 17.7. The van der Waals surface area contributed by atoms with E-state index in [1.165, 1.54) is 12.5 Å². The second kappa shape index (κ2) is 17.3. The number of ether oxygens (including phenoxy) is 8. The maximum absolute atomic E-state index is 12.0. The Balaban J connectivity index is 0.917. The fraction of sp³-hybridized carbons (Fsp3) is 0.956. The highest BCUT2D eigenvalue weighted by atomic mass is 16.8. The molecular formula is C45H72O17. The molecule has 62 heavy (non-hydrogen) atoms. The highest BCUT2D eigenvalue weighted by Gasteiger charge is 2.69. The van der Waals surface area contributed by atoms with E-state index in [0.717, 1.165) is 51.6 Å². The van der Waals surface area contributed by atoms with Crippen molar-refractivity contribution >= 4 is 0 Å². The molecule has 9 N–H and O–H groups in total. The fourth-order valence-corrected chi connectivity index (χ4v) is 14.0. The second-order valence-corrected chi connectivity index (χ2v) is 21.1. The Hall–Kier alpha value is -0.940. The molecule has 5 aliphatic heterocycles. The van der Waals surface area contributed by atoms with Crippen molar-refractivity contribution in [2.24, 2.45) is 46.3 Å². The van der Waals surface area contributed by atoms with E-state index < -0.39 is 111 Å². The first kappa shape index (κ1) is 46.2. The molecular weight excluding hydrogens is 812 g/mol. The summed E-state index contributed by atoms with van der Waals surface area (Å²) in [6, 6.07) is 0. The van der Waals surface area contributed by atoms with Gasteiger partial charge < -0.3 is 83.9 Å². The molecule has 8 fully saturated rings. The van der Waals surface area contributed by atoms with Gasteiger partial charge in [-0.05, 0) is 98.7 Å². The maximum atomic E-state index is 12.0. The lowest BCUT2D eigenvalue weighted by Crippen LogP contribution is -2.67. The Labute approximate surface area is 363 Å². The first-order chi connectivity index (χ1) is 29.4. The summed E-state index contributed by atoms with van der Waals surface area (Å²) in [7, 11) is 0. The third kappa shape index (κ3) is 7.49. The zero-order valence-corrected chi connectivity index (χ0v) is 36.6. The minimum absolute atomic E-state index is 0.0356. The van der Waals surface area contributed by atoms with Crippen molar-refractivity contribution < 1.29 is 83.9 Å². The number of aliphatic hydroxyl groups excluding tert-OH is 9. The number of rotatable bonds is 8. The van der Waals surface area contributed by atoms with Crippen molar-refractivity contribution in [2.45, 2.75) is 203 Å². The van der Waals surface area contributed by atoms with Crippen LogP contribution < -0.4 is 0 Å². The summed E-state index contributed by atoms with van der Waals surface area (Å²) in [4.78, 5) is 0. The largest absolute Gasteiger partial charge is 0.394 e. The Kier molecular flexibility index (Phi) is 12.9. The van der Waals surface area contributed by atoms with Gasteiger partial charge >= 0.3 is 0 Å². The molecule has 3 saturated carbocycles. The van der Waals surface area contributed by atoms with E-state index in [9.17, 15) is 46.0 Å². The Bertz CT molecular complexity index is 1610. The van der Waals surface area contributed by atoms with Gasteiger partial charge in [-0.1, -0.05) is 39.3 Å². The summed E-state index contributed by atoms with van der Waals surface area (Å²) in [6.45, 7) is 10.4. The van der Waals surface area contributed by atoms with Gasteiger partial charge in [0.1, 0.15) is 67.1 Å². The van der Waals surface area contributed by atoms with Crippen LogP contribution in [-0.2, 0) is 37.9 Å². The van der Waals surface area contributed by atoms with Gasteiger partial charge in [0.2, 0.25) is 0 Å². The molecule has 1 spiro atoms. The van der Waals surface area contributed by atoms with E-state index in [-0.39, 0.29) is 23.0 Å². The van der Waals surface area contributed by atoms with Gasteiger partial charge in [0.05, 0.1) is 38.1 Å². The predicted octanol–water partition coefficient (Wildman–Crippen LogP) is 0.214. The predicted molar refractivity (Wildman–Crippen MR) is 214 cm³/mol. The molecule has 0 aromatic heterocycles. The van der Waals surface area contributed by atoms with E-state index in [0.29, 0.717) is 48.3 Å². The highest BCUT2D eigenvalue weighted by molar-refractivity contribution is 5.26. The van der Waals surface area contributed by atoms with Crippen molar-refractivity contribution in [2.75, 3.05) is 19.8 Å². The molecule has 17 heteroatoms. The molecule has 9 rings (SSSR count). The minimum Gasteiger partial charge on any atom is -0.394 e. The van der Waals surface area contributed by atoms with Gasteiger partial charge in [0.15, 0.2) is 24.7 Å². The standard InChI is InChI=1S/C45H72O17/c1-19-8-13-45(55-18-19)20(2)30-27(62-45)15-26-24-7-6-22-14-23(9-11-43(22,4)25(24)10-12-44(26,30)5)57-42-39(61-40-35(52)33(50)31(48)21(3)56-40)37(54)38(29(17-47)59-42)60-41-36(53)34(51)32(49)28(16-46)58-41/h6,19-21,23-42,46-54H,7-18H2,1-5H3/t19-,20?,21-,23-,24?,25?,26?,27?,28+,29+,30?,31-,32+,33+,34-,35+,36+,37-,38+,39+,40-,41-,42+,43-,44-,45+/m0/s1. The van der Waals surface area contributed by atoms with Crippen LogP contribution in [0.5, 0.6) is 0 Å². The summed E-state index contributed by atoms with van der Waals surface area (Å²) < 4.78 is 49.9. The van der Waals surface area contributed by atoms with Crippen LogP contribution in [0.4, 0.5) is 0 Å². The van der Waals surface area contributed by atoms with E-state index >= 15 is 0 Å². The van der Waals surface area contributed by atoms with Crippen molar-refractivity contribution in [3.8, 4) is 0 Å². The van der Waals surface area contributed by atoms with E-state index in [1.54, 1.807) is 0 Å². The van der Waals surface area contributed by atoms with Gasteiger partial charge in [0, 0.05) is 12.3 Å². The van der Waals surface area contributed by atoms with Gasteiger partial charge in [-0.25, -0.2) is 0 Å². The molecule has 354 valence electrons. The molecule has 26 atom stereocenters. The number of allylic oxidation sites excluding steroid dienone is 1. The summed E-state index contributed by atoms with van der Waals surface area (Å²) >= 11 is 0. The average molecular weight is 885 g/mol. The van der Waals surface area contributed by atoms with Crippen molar-refractivity contribution in [3.05, 3.63) is 11.6 Å².